The summed E-state index contributed by atoms with van der Waals surface area (Å²) < 4.78 is 5.49. The Morgan fingerprint density at radius 1 is 1.33 bits per heavy atom. The fraction of sp³-hybridized carbons (Fsp3) is 0.450. The number of carboxylic acids is 1. The van der Waals surface area contributed by atoms with Gasteiger partial charge in [-0.3, -0.25) is 14.5 Å². The van der Waals surface area contributed by atoms with Crippen molar-refractivity contribution in [3.63, 3.8) is 0 Å². The highest BCUT2D eigenvalue weighted by molar-refractivity contribution is 5.88. The number of rotatable bonds is 4. The molecule has 1 amide bonds. The van der Waals surface area contributed by atoms with E-state index in [0.29, 0.717) is 32.5 Å². The third-order valence-electron chi connectivity index (χ3n) is 5.78. The number of amides is 1. The number of hydrogen-bond acceptors (Lipinski definition) is 5. The molecule has 1 atom stereocenters. The molecule has 3 heterocycles. The molecule has 1 aromatic heterocycles. The molecule has 0 aliphatic carbocycles. The average molecular weight is 369 g/mol. The molecular formula is C20H23N3O4. The zero-order valence-corrected chi connectivity index (χ0v) is 15.3. The van der Waals surface area contributed by atoms with E-state index in [1.807, 2.05) is 37.3 Å². The summed E-state index contributed by atoms with van der Waals surface area (Å²) in [6.45, 7) is 4.10. The summed E-state index contributed by atoms with van der Waals surface area (Å²) in [4.78, 5) is 25.5. The molecule has 2 aliphatic rings. The first kappa shape index (κ1) is 17.7. The van der Waals surface area contributed by atoms with Gasteiger partial charge in [0.05, 0.1) is 18.0 Å². The maximum Gasteiger partial charge on any atom is 0.309 e. The van der Waals surface area contributed by atoms with Gasteiger partial charge in [-0.25, -0.2) is 0 Å². The predicted molar refractivity (Wildman–Crippen MR) is 97.8 cm³/mol. The molecule has 2 saturated heterocycles. The quantitative estimate of drug-likeness (QED) is 0.858. The van der Waals surface area contributed by atoms with Crippen molar-refractivity contribution in [3.8, 4) is 11.3 Å². The van der Waals surface area contributed by atoms with E-state index < -0.39 is 17.4 Å². The Morgan fingerprint density at radius 3 is 2.70 bits per heavy atom. The van der Waals surface area contributed by atoms with Crippen LogP contribution in [0.5, 0.6) is 0 Å². The highest BCUT2D eigenvalue weighted by Crippen LogP contribution is 2.37. The number of aliphatic carboxylic acids is 1. The number of nitrogens with one attached hydrogen (secondary N) is 1. The van der Waals surface area contributed by atoms with Crippen molar-refractivity contribution in [2.24, 2.45) is 5.92 Å². The number of piperidine rings is 1. The van der Waals surface area contributed by atoms with E-state index in [1.54, 1.807) is 0 Å². The highest BCUT2D eigenvalue weighted by atomic mass is 16.5. The first-order valence-electron chi connectivity index (χ1n) is 9.24. The molecule has 142 valence electrons. The highest BCUT2D eigenvalue weighted by Gasteiger charge is 2.51. The van der Waals surface area contributed by atoms with Crippen LogP contribution in [0.1, 0.15) is 30.6 Å². The van der Waals surface area contributed by atoms with Crippen LogP contribution in [0, 0.1) is 12.8 Å². The van der Waals surface area contributed by atoms with Crippen LogP contribution in [0.15, 0.2) is 34.9 Å². The second kappa shape index (κ2) is 6.81. The maximum absolute atomic E-state index is 11.8. The summed E-state index contributed by atoms with van der Waals surface area (Å²) in [5, 5.41) is 16.5. The molecule has 2 fully saturated rings. The van der Waals surface area contributed by atoms with Crippen LogP contribution in [0.2, 0.25) is 0 Å². The molecule has 7 nitrogen and oxygen atoms in total. The van der Waals surface area contributed by atoms with E-state index in [2.05, 4.69) is 15.4 Å². The molecule has 0 radical (unpaired) electrons. The fourth-order valence-electron chi connectivity index (χ4n) is 4.17. The monoisotopic (exact) mass is 369 g/mol. The molecule has 27 heavy (non-hydrogen) atoms. The van der Waals surface area contributed by atoms with Gasteiger partial charge < -0.3 is 14.9 Å². The number of aromatic nitrogens is 1. The molecule has 0 saturated carbocycles. The lowest BCUT2D eigenvalue weighted by molar-refractivity contribution is -0.144. The zero-order valence-electron chi connectivity index (χ0n) is 15.3. The molecule has 1 unspecified atom stereocenters. The van der Waals surface area contributed by atoms with Gasteiger partial charge in [0.2, 0.25) is 5.91 Å². The Morgan fingerprint density at radius 2 is 2.04 bits per heavy atom. The van der Waals surface area contributed by atoms with Gasteiger partial charge in [0, 0.05) is 31.1 Å². The molecule has 0 bridgehead atoms. The number of carbonyl (C=O) groups excluding carboxylic acids is 1. The Balaban J connectivity index is 1.39. The van der Waals surface area contributed by atoms with Crippen molar-refractivity contribution in [2.45, 2.75) is 38.3 Å². The first-order chi connectivity index (χ1) is 12.9. The number of carboxylic acid groups (broad SMARTS) is 1. The Kier molecular flexibility index (Phi) is 4.47. The number of aryl methyl sites for hydroxylation is 1. The normalized spacial score (nSPS) is 22.1. The lowest BCUT2D eigenvalue weighted by atomic mass is 9.78. The smallest absolute Gasteiger partial charge is 0.309 e. The molecule has 2 aliphatic heterocycles. The van der Waals surface area contributed by atoms with Gasteiger partial charge in [-0.2, -0.15) is 0 Å². The second-order valence-electron chi connectivity index (χ2n) is 7.62. The van der Waals surface area contributed by atoms with E-state index in [4.69, 9.17) is 4.52 Å². The Labute approximate surface area is 157 Å². The molecule has 2 aromatic rings. The van der Waals surface area contributed by atoms with E-state index in [-0.39, 0.29) is 12.3 Å². The molecular weight excluding hydrogens is 346 g/mol. The van der Waals surface area contributed by atoms with Gasteiger partial charge in [-0.15, -0.1) is 0 Å². The van der Waals surface area contributed by atoms with E-state index in [9.17, 15) is 14.7 Å². The number of nitrogens with zero attached hydrogens (tertiary/aromatic N) is 2. The van der Waals surface area contributed by atoms with Crippen LogP contribution in [0.4, 0.5) is 0 Å². The third-order valence-corrected chi connectivity index (χ3v) is 5.78. The lowest BCUT2D eigenvalue weighted by Gasteiger charge is -2.41. The SMILES string of the molecule is Cc1ccc(-c2cc(CN3CCC4(CC3)NC(=O)CC4C(=O)O)on2)cc1. The van der Waals surface area contributed by atoms with Crippen molar-refractivity contribution >= 4 is 11.9 Å². The summed E-state index contributed by atoms with van der Waals surface area (Å²) in [7, 11) is 0. The first-order valence-corrected chi connectivity index (χ1v) is 9.24. The van der Waals surface area contributed by atoms with Crippen molar-refractivity contribution in [3.05, 3.63) is 41.7 Å². The van der Waals surface area contributed by atoms with Gasteiger partial charge in [0.15, 0.2) is 5.76 Å². The molecule has 7 heteroatoms. The number of hydrogen-bond donors (Lipinski definition) is 2. The summed E-state index contributed by atoms with van der Waals surface area (Å²) in [5.41, 5.74) is 2.43. The van der Waals surface area contributed by atoms with Crippen molar-refractivity contribution < 1.29 is 19.2 Å². The van der Waals surface area contributed by atoms with E-state index in [1.165, 1.54) is 5.56 Å². The molecule has 2 N–H and O–H groups in total. The topological polar surface area (TPSA) is 95.7 Å². The number of carbonyl (C=O) groups is 2. The Bertz CT molecular complexity index is 850. The van der Waals surface area contributed by atoms with Crippen LogP contribution in [0.25, 0.3) is 11.3 Å². The number of likely N-dealkylation sites (tertiary alicyclic amines) is 1. The van der Waals surface area contributed by atoms with Crippen molar-refractivity contribution in [1.29, 1.82) is 0 Å². The van der Waals surface area contributed by atoms with Crippen LogP contribution < -0.4 is 5.32 Å². The average Bonchev–Trinajstić information content (AvgIpc) is 3.23. The van der Waals surface area contributed by atoms with Gasteiger partial charge >= 0.3 is 5.97 Å². The van der Waals surface area contributed by atoms with Gasteiger partial charge in [-0.05, 0) is 19.8 Å². The molecule has 4 rings (SSSR count). The molecule has 1 aromatic carbocycles. The third kappa shape index (κ3) is 3.47. The second-order valence-corrected chi connectivity index (χ2v) is 7.62. The summed E-state index contributed by atoms with van der Waals surface area (Å²) in [6.07, 6.45) is 1.35. The van der Waals surface area contributed by atoms with Gasteiger partial charge in [0.25, 0.3) is 0 Å². The van der Waals surface area contributed by atoms with Crippen LogP contribution in [-0.4, -0.2) is 45.7 Å². The Hall–Kier alpha value is -2.67. The standard InChI is InChI=1S/C20H23N3O4/c1-13-2-4-14(5-3-13)17-10-15(27-22-17)12-23-8-6-20(7-9-23)16(19(25)26)11-18(24)21-20/h2-5,10,16H,6-9,11-12H2,1H3,(H,21,24)(H,25,26). The van der Waals surface area contributed by atoms with Gasteiger partial charge in [0.1, 0.15) is 5.69 Å². The summed E-state index contributed by atoms with van der Waals surface area (Å²) in [6, 6.07) is 10.1. The molecule has 1 spiro atoms. The minimum absolute atomic E-state index is 0.0807. The maximum atomic E-state index is 11.8. The zero-order chi connectivity index (χ0) is 19.0. The van der Waals surface area contributed by atoms with E-state index in [0.717, 1.165) is 17.0 Å². The van der Waals surface area contributed by atoms with Crippen molar-refractivity contribution in [2.75, 3.05) is 13.1 Å². The number of benzene rings is 1. The lowest BCUT2D eigenvalue weighted by Crippen LogP contribution is -2.55. The van der Waals surface area contributed by atoms with Crippen LogP contribution in [0.3, 0.4) is 0 Å². The fourth-order valence-corrected chi connectivity index (χ4v) is 4.17. The van der Waals surface area contributed by atoms with Gasteiger partial charge in [-0.1, -0.05) is 35.0 Å². The van der Waals surface area contributed by atoms with E-state index >= 15 is 0 Å². The summed E-state index contributed by atoms with van der Waals surface area (Å²) >= 11 is 0. The predicted octanol–water partition coefficient (Wildman–Crippen LogP) is 2.21. The summed E-state index contributed by atoms with van der Waals surface area (Å²) in [5.74, 6) is -0.897. The van der Waals surface area contributed by atoms with Crippen molar-refractivity contribution in [1.82, 2.24) is 15.4 Å². The van der Waals surface area contributed by atoms with Crippen LogP contribution >= 0.6 is 0 Å². The largest absolute Gasteiger partial charge is 0.481 e. The minimum Gasteiger partial charge on any atom is -0.481 e. The van der Waals surface area contributed by atoms with Crippen LogP contribution in [-0.2, 0) is 16.1 Å². The minimum atomic E-state index is -0.889.